The largest absolute Gasteiger partial charge is 0.380 e. The Balaban J connectivity index is 1.27. The van der Waals surface area contributed by atoms with E-state index in [4.69, 9.17) is 9.47 Å². The molecule has 3 atom stereocenters. The van der Waals surface area contributed by atoms with Crippen LogP contribution in [-0.4, -0.2) is 55.2 Å². The van der Waals surface area contributed by atoms with Gasteiger partial charge in [0, 0.05) is 42.7 Å². The van der Waals surface area contributed by atoms with Gasteiger partial charge in [0.2, 0.25) is 5.91 Å². The molecule has 0 spiro atoms. The van der Waals surface area contributed by atoms with E-state index in [1.54, 1.807) is 19.2 Å². The minimum atomic E-state index is -0.303. The van der Waals surface area contributed by atoms with Crippen molar-refractivity contribution in [2.24, 2.45) is 0 Å². The second-order valence-electron chi connectivity index (χ2n) is 9.78. The number of carbonyl (C=O) groups excluding carboxylic acids is 2. The van der Waals surface area contributed by atoms with Crippen LogP contribution in [0.5, 0.6) is 0 Å². The van der Waals surface area contributed by atoms with Crippen LogP contribution in [0.3, 0.4) is 0 Å². The third-order valence-electron chi connectivity index (χ3n) is 7.18. The van der Waals surface area contributed by atoms with Crippen LogP contribution in [0.25, 0.3) is 11.1 Å². The summed E-state index contributed by atoms with van der Waals surface area (Å²) in [6.45, 7) is 3.78. The summed E-state index contributed by atoms with van der Waals surface area (Å²) in [5.41, 5.74) is 4.75. The lowest BCUT2D eigenvalue weighted by Gasteiger charge is -2.35. The van der Waals surface area contributed by atoms with Crippen molar-refractivity contribution in [1.29, 1.82) is 0 Å². The van der Waals surface area contributed by atoms with Crippen LogP contribution in [0, 0.1) is 0 Å². The number of hydrogen-bond donors (Lipinski definition) is 2. The normalized spacial score (nSPS) is 19.8. The number of amides is 2. The quantitative estimate of drug-likeness (QED) is 0.459. The van der Waals surface area contributed by atoms with Gasteiger partial charge >= 0.3 is 0 Å². The Kier molecular flexibility index (Phi) is 7.65. The predicted octanol–water partition coefficient (Wildman–Crippen LogP) is 4.94. The summed E-state index contributed by atoms with van der Waals surface area (Å²) in [6.07, 6.45) is 2.54. The molecule has 2 amide bonds. The fourth-order valence-corrected chi connectivity index (χ4v) is 5.06. The first kappa shape index (κ1) is 25.1. The number of nitrogens with one attached hydrogen (secondary N) is 2. The molecule has 2 bridgehead atoms. The number of fused-ring (bicyclic) bond motifs is 2. The van der Waals surface area contributed by atoms with E-state index >= 15 is 0 Å². The van der Waals surface area contributed by atoms with Crippen LogP contribution in [0.1, 0.15) is 35.7 Å². The third kappa shape index (κ3) is 5.91. The SMILES string of the molecule is COCc1ccc(C(=O)Nc2ccc(-c3ccccc3)cc2)cc1NC(=O)C(C)N1CC2CCC(C1)O2. The van der Waals surface area contributed by atoms with E-state index in [2.05, 4.69) is 27.7 Å². The zero-order valence-corrected chi connectivity index (χ0v) is 21.3. The zero-order chi connectivity index (χ0) is 25.8. The molecule has 2 aliphatic rings. The van der Waals surface area contributed by atoms with Crippen molar-refractivity contribution >= 4 is 23.2 Å². The van der Waals surface area contributed by atoms with Crippen molar-refractivity contribution in [3.05, 3.63) is 83.9 Å². The highest BCUT2D eigenvalue weighted by molar-refractivity contribution is 6.06. The zero-order valence-electron chi connectivity index (χ0n) is 21.3. The van der Waals surface area contributed by atoms with Crippen LogP contribution >= 0.6 is 0 Å². The summed E-state index contributed by atoms with van der Waals surface area (Å²) in [7, 11) is 1.61. The average Bonchev–Trinajstić information content (AvgIpc) is 3.27. The molecule has 0 aliphatic carbocycles. The lowest BCUT2D eigenvalue weighted by molar-refractivity contribution is -0.124. The van der Waals surface area contributed by atoms with E-state index < -0.39 is 0 Å². The number of methoxy groups -OCH3 is 1. The molecule has 3 unspecified atom stereocenters. The fourth-order valence-electron chi connectivity index (χ4n) is 5.06. The molecule has 2 saturated heterocycles. The van der Waals surface area contributed by atoms with E-state index in [1.807, 2.05) is 55.5 Å². The van der Waals surface area contributed by atoms with Crippen LogP contribution < -0.4 is 10.6 Å². The minimum absolute atomic E-state index is 0.104. The molecule has 7 nitrogen and oxygen atoms in total. The number of nitrogens with zero attached hydrogens (tertiary/aromatic N) is 1. The van der Waals surface area contributed by atoms with Gasteiger partial charge in [-0.3, -0.25) is 14.5 Å². The number of carbonyl (C=O) groups is 2. The van der Waals surface area contributed by atoms with Crippen molar-refractivity contribution in [3.8, 4) is 11.1 Å². The van der Waals surface area contributed by atoms with Crippen molar-refractivity contribution in [2.75, 3.05) is 30.8 Å². The number of anilines is 2. The van der Waals surface area contributed by atoms with E-state index in [0.29, 0.717) is 23.5 Å². The Morgan fingerprint density at radius 3 is 2.30 bits per heavy atom. The van der Waals surface area contributed by atoms with Crippen molar-refractivity contribution in [1.82, 2.24) is 4.90 Å². The Labute approximate surface area is 217 Å². The van der Waals surface area contributed by atoms with E-state index in [9.17, 15) is 9.59 Å². The van der Waals surface area contributed by atoms with Gasteiger partial charge in [0.25, 0.3) is 5.91 Å². The molecule has 0 aromatic heterocycles. The number of likely N-dealkylation sites (tertiary alicyclic amines) is 1. The van der Waals surface area contributed by atoms with Crippen LogP contribution in [0.15, 0.2) is 72.8 Å². The first-order valence-electron chi connectivity index (χ1n) is 12.8. The number of ether oxygens (including phenoxy) is 2. The molecule has 3 aromatic rings. The van der Waals surface area contributed by atoms with Gasteiger partial charge in [-0.15, -0.1) is 0 Å². The summed E-state index contributed by atoms with van der Waals surface area (Å²) < 4.78 is 11.2. The molecule has 37 heavy (non-hydrogen) atoms. The Bertz CT molecular complexity index is 1230. The molecule has 192 valence electrons. The van der Waals surface area contributed by atoms with Gasteiger partial charge in [0.1, 0.15) is 0 Å². The molecule has 2 fully saturated rings. The van der Waals surface area contributed by atoms with Gasteiger partial charge in [-0.2, -0.15) is 0 Å². The standard InChI is InChI=1S/C30H33N3O4/c1-20(33-17-26-14-15-27(18-33)37-26)29(34)32-28-16-23(8-9-24(28)19-36-2)30(35)31-25-12-10-22(11-13-25)21-6-4-3-5-7-21/h3-13,16,20,26-27H,14-15,17-19H2,1-2H3,(H,31,35)(H,32,34). The molecule has 2 aliphatic heterocycles. The highest BCUT2D eigenvalue weighted by Crippen LogP contribution is 2.28. The van der Waals surface area contributed by atoms with Gasteiger partial charge in [0.15, 0.2) is 0 Å². The Morgan fingerprint density at radius 1 is 0.946 bits per heavy atom. The van der Waals surface area contributed by atoms with Crippen LogP contribution in [0.2, 0.25) is 0 Å². The molecule has 3 aromatic carbocycles. The predicted molar refractivity (Wildman–Crippen MR) is 145 cm³/mol. The molecule has 0 radical (unpaired) electrons. The average molecular weight is 500 g/mol. The lowest BCUT2D eigenvalue weighted by Crippen LogP contribution is -2.51. The molecule has 2 heterocycles. The number of rotatable bonds is 8. The van der Waals surface area contributed by atoms with Gasteiger partial charge in [-0.25, -0.2) is 0 Å². The molecule has 2 N–H and O–H groups in total. The number of morpholine rings is 1. The first-order chi connectivity index (χ1) is 18.0. The maximum atomic E-state index is 13.2. The monoisotopic (exact) mass is 499 g/mol. The minimum Gasteiger partial charge on any atom is -0.380 e. The summed E-state index contributed by atoms with van der Waals surface area (Å²) in [6, 6.07) is 22.8. The van der Waals surface area contributed by atoms with E-state index in [0.717, 1.165) is 42.6 Å². The van der Waals surface area contributed by atoms with Gasteiger partial charge in [-0.05, 0) is 55.2 Å². The molecule has 5 rings (SSSR count). The molecule has 0 saturated carbocycles. The summed E-state index contributed by atoms with van der Waals surface area (Å²) in [4.78, 5) is 28.4. The third-order valence-corrected chi connectivity index (χ3v) is 7.18. The fraction of sp³-hybridized carbons (Fsp3) is 0.333. The summed E-state index contributed by atoms with van der Waals surface area (Å²) in [5, 5.41) is 6.00. The maximum Gasteiger partial charge on any atom is 0.255 e. The van der Waals surface area contributed by atoms with Gasteiger partial charge < -0.3 is 20.1 Å². The topological polar surface area (TPSA) is 79.9 Å². The lowest BCUT2D eigenvalue weighted by atomic mass is 10.1. The van der Waals surface area contributed by atoms with Crippen molar-refractivity contribution in [3.63, 3.8) is 0 Å². The number of benzene rings is 3. The molecular weight excluding hydrogens is 466 g/mol. The Hall–Kier alpha value is -3.52. The van der Waals surface area contributed by atoms with Crippen molar-refractivity contribution < 1.29 is 19.1 Å². The molecular formula is C30H33N3O4. The highest BCUT2D eigenvalue weighted by Gasteiger charge is 2.37. The smallest absolute Gasteiger partial charge is 0.255 e. The molecule has 7 heteroatoms. The Morgan fingerprint density at radius 2 is 1.62 bits per heavy atom. The van der Waals surface area contributed by atoms with E-state index in [-0.39, 0.29) is 30.1 Å². The number of hydrogen-bond acceptors (Lipinski definition) is 5. The van der Waals surface area contributed by atoms with Crippen molar-refractivity contribution in [2.45, 2.75) is 44.6 Å². The summed E-state index contributed by atoms with van der Waals surface area (Å²) in [5.74, 6) is -0.350. The highest BCUT2D eigenvalue weighted by atomic mass is 16.5. The second kappa shape index (κ2) is 11.3. The van der Waals surface area contributed by atoms with E-state index in [1.165, 1.54) is 0 Å². The first-order valence-corrected chi connectivity index (χ1v) is 12.8. The summed E-state index contributed by atoms with van der Waals surface area (Å²) >= 11 is 0. The second-order valence-corrected chi connectivity index (χ2v) is 9.78. The van der Waals surface area contributed by atoms with Gasteiger partial charge in [0.05, 0.1) is 24.9 Å². The maximum absolute atomic E-state index is 13.2. The van der Waals surface area contributed by atoms with Crippen LogP contribution in [0.4, 0.5) is 11.4 Å². The van der Waals surface area contributed by atoms with Crippen LogP contribution in [-0.2, 0) is 20.9 Å². The van der Waals surface area contributed by atoms with Gasteiger partial charge in [-0.1, -0.05) is 48.5 Å².